The molecule has 54 heavy (non-hydrogen) atoms. The fraction of sp³-hybridized carbons (Fsp3) is 0.295. The Balaban J connectivity index is 1.88. The Kier molecular flexibility index (Phi) is 13.9. The second kappa shape index (κ2) is 18.1. The van der Waals surface area contributed by atoms with Crippen molar-refractivity contribution in [3.8, 4) is 11.8 Å². The first-order valence-corrected chi connectivity index (χ1v) is 18.0. The molecule has 0 aromatic heterocycles. The Morgan fingerprint density at radius 3 is 2.57 bits per heavy atom. The maximum absolute atomic E-state index is 14.0. The van der Waals surface area contributed by atoms with Gasteiger partial charge in [-0.05, 0) is 110 Å². The van der Waals surface area contributed by atoms with E-state index in [1.54, 1.807) is 42.5 Å². The number of carbonyl (C=O) groups is 2. The van der Waals surface area contributed by atoms with Gasteiger partial charge in [0.1, 0.15) is 11.5 Å². The number of nitrogens with zero attached hydrogens (tertiary/aromatic N) is 1. The number of benzene rings is 2. The van der Waals surface area contributed by atoms with Crippen LogP contribution in [0.15, 0.2) is 108 Å². The lowest BCUT2D eigenvalue weighted by Gasteiger charge is -2.29. The quantitative estimate of drug-likeness (QED) is 0.0895. The van der Waals surface area contributed by atoms with Gasteiger partial charge in [0, 0.05) is 22.6 Å². The van der Waals surface area contributed by atoms with Crippen LogP contribution in [0.5, 0.6) is 5.75 Å². The predicted molar refractivity (Wildman–Crippen MR) is 211 cm³/mol. The zero-order valence-corrected chi connectivity index (χ0v) is 31.7. The summed E-state index contributed by atoms with van der Waals surface area (Å²) in [7, 11) is 0. The second-order valence-corrected chi connectivity index (χ2v) is 13.5. The number of ketones is 1. The Morgan fingerprint density at radius 2 is 1.96 bits per heavy atom. The number of hydrogen-bond donors (Lipinski definition) is 1. The zero-order valence-electron chi connectivity index (χ0n) is 30.9. The number of halogens is 3. The van der Waals surface area contributed by atoms with Crippen LogP contribution in [0.1, 0.15) is 81.2 Å². The third-order valence-electron chi connectivity index (χ3n) is 9.31. The van der Waals surface area contributed by atoms with E-state index < -0.39 is 22.7 Å². The molecule has 4 rings (SSSR count). The van der Waals surface area contributed by atoms with E-state index in [4.69, 9.17) is 21.7 Å². The molecule has 10 heteroatoms. The Bertz CT molecular complexity index is 2100. The number of amides is 1. The van der Waals surface area contributed by atoms with Crippen molar-refractivity contribution in [1.82, 2.24) is 5.32 Å². The summed E-state index contributed by atoms with van der Waals surface area (Å²) in [6.45, 7) is 16.1. The molecule has 1 unspecified atom stereocenters. The molecule has 0 saturated carbocycles. The van der Waals surface area contributed by atoms with Crippen LogP contribution in [-0.4, -0.2) is 36.4 Å². The lowest BCUT2D eigenvalue weighted by atomic mass is 9.72. The number of rotatable bonds is 14. The van der Waals surface area contributed by atoms with Gasteiger partial charge in [0.15, 0.2) is 0 Å². The van der Waals surface area contributed by atoms with E-state index >= 15 is 0 Å². The molecule has 6 nitrogen and oxygen atoms in total. The fourth-order valence-corrected chi connectivity index (χ4v) is 6.67. The summed E-state index contributed by atoms with van der Waals surface area (Å²) in [5, 5.41) is 12.2. The minimum atomic E-state index is -4.71. The molecule has 2 aromatic carbocycles. The molecule has 1 fully saturated rings. The molecule has 0 spiro atoms. The van der Waals surface area contributed by atoms with Gasteiger partial charge in [0.05, 0.1) is 41.5 Å². The maximum atomic E-state index is 14.0. The van der Waals surface area contributed by atoms with Crippen LogP contribution in [-0.2, 0) is 20.5 Å². The van der Waals surface area contributed by atoms with Crippen LogP contribution in [0.3, 0.4) is 0 Å². The highest BCUT2D eigenvalue weighted by atomic mass is 32.1. The third kappa shape index (κ3) is 9.61. The summed E-state index contributed by atoms with van der Waals surface area (Å²) in [5.41, 5.74) is 5.76. The average molecular weight is 753 g/mol. The smallest absolute Gasteiger partial charge is 0.417 e. The van der Waals surface area contributed by atoms with Crippen molar-refractivity contribution in [3.63, 3.8) is 0 Å². The molecule has 1 N–H and O–H groups in total. The predicted octanol–water partition coefficient (Wildman–Crippen LogP) is 10.2. The lowest BCUT2D eigenvalue weighted by Crippen LogP contribution is -2.31. The summed E-state index contributed by atoms with van der Waals surface area (Å²) < 4.78 is 52.7. The van der Waals surface area contributed by atoms with Crippen LogP contribution in [0, 0.1) is 16.7 Å². The number of Topliss-reactive ketones (excluding diaryl/α,β-unsaturated/α-hetero) is 1. The number of alkyl halides is 3. The van der Waals surface area contributed by atoms with Crippen LogP contribution in [0.4, 0.5) is 13.2 Å². The van der Waals surface area contributed by atoms with Gasteiger partial charge < -0.3 is 14.8 Å². The molecule has 0 radical (unpaired) electrons. The Hall–Kier alpha value is -5.33. The third-order valence-corrected chi connectivity index (χ3v) is 9.56. The molecular formula is C44H43F3N2O4S. The van der Waals surface area contributed by atoms with Gasteiger partial charge >= 0.3 is 6.18 Å². The number of ether oxygens (including phenoxy) is 2. The van der Waals surface area contributed by atoms with Gasteiger partial charge in [-0.2, -0.15) is 18.4 Å². The molecule has 1 atom stereocenters. The van der Waals surface area contributed by atoms with E-state index in [1.165, 1.54) is 25.1 Å². The summed E-state index contributed by atoms with van der Waals surface area (Å²) in [6, 6.07) is 10.3. The molecule has 280 valence electrons. The molecule has 1 amide bonds. The molecule has 2 heterocycles. The lowest BCUT2D eigenvalue weighted by molar-refractivity contribution is -0.137. The molecule has 2 aliphatic heterocycles. The van der Waals surface area contributed by atoms with Crippen molar-refractivity contribution in [2.45, 2.75) is 59.6 Å². The molecule has 0 aliphatic carbocycles. The second-order valence-electron chi connectivity index (χ2n) is 13.1. The van der Waals surface area contributed by atoms with Crippen molar-refractivity contribution in [1.29, 1.82) is 5.26 Å². The maximum Gasteiger partial charge on any atom is 0.417 e. The Morgan fingerprint density at radius 1 is 1.20 bits per heavy atom. The number of carbonyl (C=O) groups excluding carboxylic acids is 2. The minimum Gasteiger partial charge on any atom is -0.493 e. The number of nitrogens with one attached hydrogen (secondary N) is 1. The normalized spacial score (nSPS) is 19.5. The summed E-state index contributed by atoms with van der Waals surface area (Å²) in [5.74, 6) is -0.0349. The van der Waals surface area contributed by atoms with E-state index in [1.807, 2.05) is 19.9 Å². The van der Waals surface area contributed by atoms with Crippen molar-refractivity contribution in [2.75, 3.05) is 19.8 Å². The fourth-order valence-electron chi connectivity index (χ4n) is 6.49. The number of allylic oxidation sites excluding steroid dienone is 7. The first-order valence-electron chi connectivity index (χ1n) is 17.6. The van der Waals surface area contributed by atoms with Gasteiger partial charge in [-0.3, -0.25) is 9.59 Å². The van der Waals surface area contributed by atoms with E-state index in [-0.39, 0.29) is 28.7 Å². The van der Waals surface area contributed by atoms with E-state index in [9.17, 15) is 28.0 Å². The van der Waals surface area contributed by atoms with Gasteiger partial charge in [-0.25, -0.2) is 0 Å². The largest absolute Gasteiger partial charge is 0.493 e. The van der Waals surface area contributed by atoms with Crippen molar-refractivity contribution < 1.29 is 32.2 Å². The topological polar surface area (TPSA) is 88.4 Å². The molecule has 2 aromatic rings. The van der Waals surface area contributed by atoms with Crippen LogP contribution >= 0.6 is 12.2 Å². The minimum absolute atomic E-state index is 0.0960. The summed E-state index contributed by atoms with van der Waals surface area (Å²) in [6.07, 6.45) is 7.74. The zero-order chi connectivity index (χ0) is 39.6. The molecular weight excluding hydrogens is 710 g/mol. The highest BCUT2D eigenvalue weighted by Gasteiger charge is 2.44. The first kappa shape index (κ1) is 41.4. The van der Waals surface area contributed by atoms with Gasteiger partial charge in [-0.1, -0.05) is 80.4 Å². The monoisotopic (exact) mass is 752 g/mol. The number of nitriles is 1. The summed E-state index contributed by atoms with van der Waals surface area (Å²) in [4.78, 5) is 27.7. The van der Waals surface area contributed by atoms with Crippen molar-refractivity contribution in [2.24, 2.45) is 5.41 Å². The van der Waals surface area contributed by atoms with Gasteiger partial charge in [-0.15, -0.1) is 0 Å². The number of thiocarbonyl (C=S) groups is 1. The Labute approximate surface area is 320 Å². The highest BCUT2D eigenvalue weighted by Crippen LogP contribution is 2.45. The molecule has 0 bridgehead atoms. The van der Waals surface area contributed by atoms with E-state index in [0.29, 0.717) is 65.3 Å². The molecule has 1 saturated heterocycles. The van der Waals surface area contributed by atoms with Crippen LogP contribution in [0.2, 0.25) is 0 Å². The summed E-state index contributed by atoms with van der Waals surface area (Å²) >= 11 is 5.72. The standard InChI is InChI=1S/C44H43F3N2O4S/c1-7-11-28(4)22-33-12-10-13-39(49-42(51)41(33)29(5)8-2)36-24-32(17-19-40(36)53-9-3)37(43(30(6)50)20-21-52-27-43)25-35(54)18-15-31-14-16-34(26-48)38(23-31)44(45,46)47/h8,10,12,14-19,23-25H,2,4,7,9,11,20-22,27H2,1,3,5-6H3,(H,49,51)/b18-15+,33-12-,37-25-,41-29+. The van der Waals surface area contributed by atoms with E-state index in [0.717, 1.165) is 36.1 Å². The SMILES string of the molecule is C=C/C(C)=C1C(=O)NC(c2cc(/C(=C/C(=S)/C=C/c3ccc(C#N)c(C(F)(F)F)c3)C3(C(C)=O)CCOC3)ccc2OCC)=C=C\C=C/1CC(=C)CCC. The highest BCUT2D eigenvalue weighted by molar-refractivity contribution is 7.81. The van der Waals surface area contributed by atoms with Gasteiger partial charge in [0.25, 0.3) is 5.91 Å². The van der Waals surface area contributed by atoms with Gasteiger partial charge in [0.2, 0.25) is 0 Å². The average Bonchev–Trinajstić information content (AvgIpc) is 3.63. The molecule has 2 aliphatic rings. The van der Waals surface area contributed by atoms with Crippen molar-refractivity contribution in [3.05, 3.63) is 136 Å². The number of hydrogen-bond acceptors (Lipinski definition) is 6. The van der Waals surface area contributed by atoms with Crippen molar-refractivity contribution >= 4 is 46.1 Å². The van der Waals surface area contributed by atoms with E-state index in [2.05, 4.69) is 31.1 Å². The van der Waals surface area contributed by atoms with Crippen LogP contribution < -0.4 is 10.1 Å². The van der Waals surface area contributed by atoms with Crippen LogP contribution in [0.25, 0.3) is 17.3 Å². The first-order chi connectivity index (χ1) is 25.7.